The molecule has 1 unspecified atom stereocenters. The zero-order valence-corrected chi connectivity index (χ0v) is 23.3. The second-order valence-electron chi connectivity index (χ2n) is 10.6. The molecule has 2 aliphatic heterocycles. The second kappa shape index (κ2) is 11.1. The number of anilines is 2. The Morgan fingerprint density at radius 1 is 1.10 bits per heavy atom. The van der Waals surface area contributed by atoms with Crippen LogP contribution in [0.4, 0.5) is 30.1 Å². The summed E-state index contributed by atoms with van der Waals surface area (Å²) in [5, 5.41) is 9.12. The summed E-state index contributed by atoms with van der Waals surface area (Å²) in [5.41, 5.74) is 7.12. The molecule has 220 valence electrons. The zero-order valence-electron chi connectivity index (χ0n) is 22.5. The Balaban J connectivity index is 1.21. The van der Waals surface area contributed by atoms with Gasteiger partial charge in [0.05, 0.1) is 22.8 Å². The van der Waals surface area contributed by atoms with E-state index in [1.807, 2.05) is 5.01 Å². The van der Waals surface area contributed by atoms with Crippen LogP contribution < -0.4 is 21.3 Å². The highest BCUT2D eigenvalue weighted by Gasteiger charge is 2.45. The summed E-state index contributed by atoms with van der Waals surface area (Å²) in [7, 11) is 0. The largest absolute Gasteiger partial charge is 0.449 e. The van der Waals surface area contributed by atoms with E-state index in [4.69, 9.17) is 22.1 Å². The number of nitrogens with one attached hydrogen (secondary N) is 2. The van der Waals surface area contributed by atoms with Crippen molar-refractivity contribution in [2.45, 2.75) is 31.8 Å². The number of benzene rings is 2. The van der Waals surface area contributed by atoms with Crippen LogP contribution in [-0.4, -0.2) is 70.9 Å². The predicted octanol–water partition coefficient (Wildman–Crippen LogP) is 3.87. The van der Waals surface area contributed by atoms with E-state index < -0.39 is 35.9 Å². The summed E-state index contributed by atoms with van der Waals surface area (Å²) >= 11 is 5.85. The number of ether oxygens (including phenoxy) is 1. The first-order valence-electron chi connectivity index (χ1n) is 13.7. The van der Waals surface area contributed by atoms with Crippen molar-refractivity contribution in [3.63, 3.8) is 0 Å². The van der Waals surface area contributed by atoms with Gasteiger partial charge in [0.25, 0.3) is 0 Å². The van der Waals surface area contributed by atoms with Crippen molar-refractivity contribution in [2.75, 3.05) is 36.5 Å². The number of halogens is 2. The third kappa shape index (κ3) is 5.32. The third-order valence-electron chi connectivity index (χ3n) is 7.76. The number of rotatable bonds is 7. The zero-order chi connectivity index (χ0) is 29.5. The molecule has 6 rings (SSSR count). The molecule has 1 saturated carbocycles. The summed E-state index contributed by atoms with van der Waals surface area (Å²) in [5.74, 6) is -0.610. The molecule has 2 aromatic carbocycles. The summed E-state index contributed by atoms with van der Waals surface area (Å²) in [6.07, 6.45) is 3.38. The van der Waals surface area contributed by atoms with Gasteiger partial charge in [-0.3, -0.25) is 19.6 Å². The van der Waals surface area contributed by atoms with Crippen molar-refractivity contribution < 1.29 is 28.3 Å². The van der Waals surface area contributed by atoms with E-state index in [9.17, 15) is 23.6 Å². The van der Waals surface area contributed by atoms with Crippen molar-refractivity contribution in [1.29, 1.82) is 0 Å². The smallest absolute Gasteiger partial charge is 0.411 e. The fourth-order valence-electron chi connectivity index (χ4n) is 5.37. The molecule has 0 bridgehead atoms. The molecule has 3 fully saturated rings. The Morgan fingerprint density at radius 2 is 1.90 bits per heavy atom. The maximum Gasteiger partial charge on any atom is 0.411 e. The van der Waals surface area contributed by atoms with Gasteiger partial charge in [-0.2, -0.15) is 0 Å². The fraction of sp³-hybridized carbons (Fsp3) is 0.357. The van der Waals surface area contributed by atoms with E-state index in [-0.39, 0.29) is 17.1 Å². The SMILES string of the molecule is NC(=O)n1cc(N2CCN3CCC(C(=O)NCc4cccc(Cl)c4F)N3C2=O)c2ccc(NC(=O)OCC3CC3)cc21. The van der Waals surface area contributed by atoms with Crippen LogP contribution in [0.25, 0.3) is 10.9 Å². The molecule has 42 heavy (non-hydrogen) atoms. The molecule has 14 heteroatoms. The van der Waals surface area contributed by atoms with E-state index in [1.54, 1.807) is 24.3 Å². The van der Waals surface area contributed by atoms with Gasteiger partial charge < -0.3 is 15.8 Å². The number of primary amides is 1. The molecular formula is C28H29ClFN7O5. The van der Waals surface area contributed by atoms with Crippen molar-refractivity contribution in [3.8, 4) is 0 Å². The lowest BCUT2D eigenvalue weighted by molar-refractivity contribution is -0.127. The molecule has 3 heterocycles. The van der Waals surface area contributed by atoms with Crippen LogP contribution in [0.15, 0.2) is 42.6 Å². The van der Waals surface area contributed by atoms with E-state index in [1.165, 1.54) is 32.8 Å². The lowest BCUT2D eigenvalue weighted by Gasteiger charge is -2.41. The van der Waals surface area contributed by atoms with Crippen molar-refractivity contribution in [3.05, 3.63) is 59.0 Å². The van der Waals surface area contributed by atoms with Gasteiger partial charge in [0, 0.05) is 49.0 Å². The molecule has 5 amide bonds. The molecule has 3 aliphatic rings. The standard InChI is InChI=1S/C28H29ClFN7O5/c29-20-3-1-2-17(24(20)30)13-32-25(38)21-8-9-34-10-11-35(28(41)37(21)34)23-14-36(26(31)39)22-12-18(6-7-19(22)23)33-27(40)42-15-16-4-5-16/h1-3,6-7,12,14,16,21H,4-5,8-11,13,15H2,(H2,31,39)(H,32,38)(H,33,40). The van der Waals surface area contributed by atoms with Crippen LogP contribution >= 0.6 is 11.6 Å². The Hall–Kier alpha value is -4.36. The number of fused-ring (bicyclic) bond motifs is 2. The molecule has 0 spiro atoms. The lowest BCUT2D eigenvalue weighted by Crippen LogP contribution is -2.61. The first-order chi connectivity index (χ1) is 20.2. The van der Waals surface area contributed by atoms with Gasteiger partial charge in [-0.25, -0.2) is 28.8 Å². The minimum atomic E-state index is -0.801. The van der Waals surface area contributed by atoms with Crippen LogP contribution in [0.1, 0.15) is 24.8 Å². The van der Waals surface area contributed by atoms with Crippen LogP contribution in [0.5, 0.6) is 0 Å². The Labute approximate surface area is 245 Å². The average Bonchev–Trinajstić information content (AvgIpc) is 3.57. The first-order valence-corrected chi connectivity index (χ1v) is 14.0. The number of carbonyl (C=O) groups excluding carboxylic acids is 4. The minimum absolute atomic E-state index is 0.0397. The van der Waals surface area contributed by atoms with Gasteiger partial charge in [-0.05, 0) is 49.4 Å². The number of aromatic nitrogens is 1. The lowest BCUT2D eigenvalue weighted by atomic mass is 10.1. The number of amides is 5. The minimum Gasteiger partial charge on any atom is -0.449 e. The number of nitrogens with two attached hydrogens (primary N) is 1. The second-order valence-corrected chi connectivity index (χ2v) is 11.0. The normalized spacial score (nSPS) is 18.7. The highest BCUT2D eigenvalue weighted by molar-refractivity contribution is 6.30. The van der Waals surface area contributed by atoms with E-state index in [2.05, 4.69) is 10.6 Å². The monoisotopic (exact) mass is 597 g/mol. The van der Waals surface area contributed by atoms with E-state index >= 15 is 0 Å². The molecule has 3 aromatic rings. The van der Waals surface area contributed by atoms with Crippen molar-refractivity contribution in [1.82, 2.24) is 19.9 Å². The number of hydrazine groups is 1. The Bertz CT molecular complexity index is 1590. The summed E-state index contributed by atoms with van der Waals surface area (Å²) in [6.45, 7) is 1.54. The van der Waals surface area contributed by atoms with Gasteiger partial charge in [0.2, 0.25) is 5.91 Å². The van der Waals surface area contributed by atoms with Crippen LogP contribution in [-0.2, 0) is 16.1 Å². The summed E-state index contributed by atoms with van der Waals surface area (Å²) < 4.78 is 20.7. The number of nitrogens with zero attached hydrogens (tertiary/aromatic N) is 4. The molecule has 1 aromatic heterocycles. The Kier molecular flexibility index (Phi) is 7.37. The molecule has 0 radical (unpaired) electrons. The van der Waals surface area contributed by atoms with Crippen LogP contribution in [0.2, 0.25) is 5.02 Å². The van der Waals surface area contributed by atoms with Crippen molar-refractivity contribution in [2.24, 2.45) is 11.7 Å². The quantitative estimate of drug-likeness (QED) is 0.377. The first kappa shape index (κ1) is 27.8. The number of carbonyl (C=O) groups is 4. The van der Waals surface area contributed by atoms with E-state index in [0.29, 0.717) is 60.9 Å². The fourth-order valence-corrected chi connectivity index (χ4v) is 5.57. The number of hydrogen-bond acceptors (Lipinski definition) is 6. The number of hydrogen-bond donors (Lipinski definition) is 3. The number of urea groups is 1. The predicted molar refractivity (Wildman–Crippen MR) is 152 cm³/mol. The van der Waals surface area contributed by atoms with Crippen LogP contribution in [0, 0.1) is 11.7 Å². The van der Waals surface area contributed by atoms with Crippen molar-refractivity contribution >= 4 is 57.9 Å². The van der Waals surface area contributed by atoms with Gasteiger partial charge in [0.15, 0.2) is 0 Å². The summed E-state index contributed by atoms with van der Waals surface area (Å²) in [6, 6.07) is 7.47. The summed E-state index contributed by atoms with van der Waals surface area (Å²) in [4.78, 5) is 53.0. The maximum absolute atomic E-state index is 14.3. The highest BCUT2D eigenvalue weighted by atomic mass is 35.5. The van der Waals surface area contributed by atoms with E-state index in [0.717, 1.165) is 12.8 Å². The molecule has 12 nitrogen and oxygen atoms in total. The van der Waals surface area contributed by atoms with Gasteiger partial charge in [-0.15, -0.1) is 0 Å². The molecule has 4 N–H and O–H groups in total. The maximum atomic E-state index is 14.3. The Morgan fingerprint density at radius 3 is 2.67 bits per heavy atom. The molecular weight excluding hydrogens is 569 g/mol. The third-order valence-corrected chi connectivity index (χ3v) is 8.05. The molecule has 2 saturated heterocycles. The highest BCUT2D eigenvalue weighted by Crippen LogP contribution is 2.35. The average molecular weight is 598 g/mol. The topological polar surface area (TPSA) is 142 Å². The van der Waals surface area contributed by atoms with Gasteiger partial charge in [-0.1, -0.05) is 23.7 Å². The van der Waals surface area contributed by atoms with Gasteiger partial charge in [0.1, 0.15) is 11.9 Å². The van der Waals surface area contributed by atoms with Crippen LogP contribution in [0.3, 0.4) is 0 Å². The molecule has 1 atom stereocenters. The molecule has 1 aliphatic carbocycles. The van der Waals surface area contributed by atoms with Gasteiger partial charge >= 0.3 is 18.2 Å².